The summed E-state index contributed by atoms with van der Waals surface area (Å²) in [6.07, 6.45) is 1.76. The zero-order chi connectivity index (χ0) is 10.7. The largest absolute Gasteiger partial charge is 0.298 e. The van der Waals surface area contributed by atoms with Crippen LogP contribution in [0.15, 0.2) is 23.1 Å². The van der Waals surface area contributed by atoms with Gasteiger partial charge in [0.05, 0.1) is 0 Å². The molecular weight excluding hydrogens is 223 g/mol. The molecule has 1 aromatic rings. The molecule has 1 atom stereocenters. The number of hydrogen-bond donors (Lipinski definition) is 0. The summed E-state index contributed by atoms with van der Waals surface area (Å²) in [5.41, 5.74) is 0.548. The van der Waals surface area contributed by atoms with Crippen LogP contribution in [-0.4, -0.2) is 12.0 Å². The lowest BCUT2D eigenvalue weighted by Gasteiger charge is -2.11. The number of benzene rings is 1. The third-order valence-corrected chi connectivity index (χ3v) is 3.21. The Morgan fingerprint density at radius 2 is 2.21 bits per heavy atom. The standard InChI is InChI=1S/C10H10ClFOS/c1-6(13)9(11)7-4-3-5-8(12)10(7)14-2/h3-5,9H,1-2H3. The van der Waals surface area contributed by atoms with Crippen molar-refractivity contribution in [1.29, 1.82) is 0 Å². The molecule has 0 radical (unpaired) electrons. The summed E-state index contributed by atoms with van der Waals surface area (Å²) in [4.78, 5) is 11.5. The third kappa shape index (κ3) is 2.28. The lowest BCUT2D eigenvalue weighted by molar-refractivity contribution is -0.116. The van der Waals surface area contributed by atoms with Gasteiger partial charge in [0.2, 0.25) is 0 Å². The van der Waals surface area contributed by atoms with Crippen molar-refractivity contribution in [3.05, 3.63) is 29.6 Å². The van der Waals surface area contributed by atoms with E-state index >= 15 is 0 Å². The molecule has 76 valence electrons. The number of hydrogen-bond acceptors (Lipinski definition) is 2. The van der Waals surface area contributed by atoms with Crippen molar-refractivity contribution in [3.8, 4) is 0 Å². The van der Waals surface area contributed by atoms with Crippen molar-refractivity contribution < 1.29 is 9.18 Å². The van der Waals surface area contributed by atoms with Gasteiger partial charge in [0.25, 0.3) is 0 Å². The van der Waals surface area contributed by atoms with Gasteiger partial charge in [0.15, 0.2) is 5.78 Å². The molecule has 0 heterocycles. The molecule has 0 spiro atoms. The molecule has 1 aromatic carbocycles. The fourth-order valence-electron chi connectivity index (χ4n) is 1.16. The van der Waals surface area contributed by atoms with Crippen molar-refractivity contribution in [2.45, 2.75) is 17.2 Å². The van der Waals surface area contributed by atoms with E-state index in [1.165, 1.54) is 24.8 Å². The number of ketones is 1. The quantitative estimate of drug-likeness (QED) is 0.587. The van der Waals surface area contributed by atoms with E-state index in [0.717, 1.165) is 0 Å². The zero-order valence-corrected chi connectivity index (χ0v) is 9.45. The minimum absolute atomic E-state index is 0.174. The molecule has 0 bridgehead atoms. The molecule has 14 heavy (non-hydrogen) atoms. The number of halogens is 2. The highest BCUT2D eigenvalue weighted by Gasteiger charge is 2.18. The average molecular weight is 233 g/mol. The second-order valence-corrected chi connectivity index (χ2v) is 4.09. The molecule has 1 rings (SSSR count). The van der Waals surface area contributed by atoms with Crippen molar-refractivity contribution >= 4 is 29.1 Å². The monoisotopic (exact) mass is 232 g/mol. The van der Waals surface area contributed by atoms with Gasteiger partial charge in [-0.25, -0.2) is 4.39 Å². The van der Waals surface area contributed by atoms with E-state index in [4.69, 9.17) is 11.6 Å². The van der Waals surface area contributed by atoms with Gasteiger partial charge in [-0.3, -0.25) is 4.79 Å². The molecule has 0 saturated carbocycles. The van der Waals surface area contributed by atoms with Crippen LogP contribution in [0.25, 0.3) is 0 Å². The van der Waals surface area contributed by atoms with Crippen molar-refractivity contribution in [3.63, 3.8) is 0 Å². The van der Waals surface area contributed by atoms with Crippen LogP contribution in [0, 0.1) is 5.82 Å². The first kappa shape index (κ1) is 11.5. The molecule has 4 heteroatoms. The Labute approximate surface area is 91.6 Å². The van der Waals surface area contributed by atoms with Crippen LogP contribution >= 0.6 is 23.4 Å². The Morgan fingerprint density at radius 1 is 1.57 bits per heavy atom. The van der Waals surface area contributed by atoms with Crippen molar-refractivity contribution in [2.24, 2.45) is 0 Å². The van der Waals surface area contributed by atoms with Gasteiger partial charge in [0, 0.05) is 4.90 Å². The van der Waals surface area contributed by atoms with Crippen LogP contribution in [0.3, 0.4) is 0 Å². The summed E-state index contributed by atoms with van der Waals surface area (Å²) >= 11 is 7.12. The van der Waals surface area contributed by atoms with E-state index in [9.17, 15) is 9.18 Å². The van der Waals surface area contributed by atoms with Crippen LogP contribution in [-0.2, 0) is 4.79 Å². The minimum Gasteiger partial charge on any atom is -0.298 e. The maximum atomic E-state index is 13.3. The topological polar surface area (TPSA) is 17.1 Å². The number of alkyl halides is 1. The fraction of sp³-hybridized carbons (Fsp3) is 0.300. The Bertz CT molecular complexity index is 354. The Hall–Kier alpha value is -0.540. The molecule has 0 aliphatic rings. The molecule has 0 amide bonds. The Morgan fingerprint density at radius 3 is 2.71 bits per heavy atom. The highest BCUT2D eigenvalue weighted by molar-refractivity contribution is 7.98. The average Bonchev–Trinajstić information content (AvgIpc) is 2.16. The second-order valence-electron chi connectivity index (χ2n) is 2.84. The van der Waals surface area contributed by atoms with Crippen LogP contribution in [0.2, 0.25) is 0 Å². The first-order chi connectivity index (χ1) is 6.57. The van der Waals surface area contributed by atoms with Crippen molar-refractivity contribution in [2.75, 3.05) is 6.26 Å². The molecular formula is C10H10ClFOS. The smallest absolute Gasteiger partial charge is 0.152 e. The van der Waals surface area contributed by atoms with E-state index in [-0.39, 0.29) is 11.6 Å². The molecule has 0 aliphatic heterocycles. The highest BCUT2D eigenvalue weighted by Crippen LogP contribution is 2.32. The predicted octanol–water partition coefficient (Wildman–Crippen LogP) is 3.42. The fourth-order valence-corrected chi connectivity index (χ4v) is 2.09. The summed E-state index contributed by atoms with van der Waals surface area (Å²) in [5, 5.41) is -0.756. The number of rotatable bonds is 3. The maximum absolute atomic E-state index is 13.3. The zero-order valence-electron chi connectivity index (χ0n) is 7.88. The molecule has 0 aromatic heterocycles. The predicted molar refractivity (Wildman–Crippen MR) is 57.5 cm³/mol. The second kappa shape index (κ2) is 4.80. The first-order valence-electron chi connectivity index (χ1n) is 4.05. The van der Waals surface area contributed by atoms with E-state index in [0.29, 0.717) is 10.5 Å². The lowest BCUT2D eigenvalue weighted by atomic mass is 10.1. The van der Waals surface area contributed by atoms with Gasteiger partial charge in [-0.05, 0) is 24.8 Å². The molecule has 1 unspecified atom stereocenters. The van der Waals surface area contributed by atoms with E-state index in [1.54, 1.807) is 18.4 Å². The maximum Gasteiger partial charge on any atom is 0.152 e. The first-order valence-corrected chi connectivity index (χ1v) is 5.71. The highest BCUT2D eigenvalue weighted by atomic mass is 35.5. The summed E-state index contributed by atoms with van der Waals surface area (Å²) in [7, 11) is 0. The molecule has 0 aliphatic carbocycles. The summed E-state index contributed by atoms with van der Waals surface area (Å²) in [6.45, 7) is 1.40. The normalized spacial score (nSPS) is 12.6. The van der Waals surface area contributed by atoms with Gasteiger partial charge in [0.1, 0.15) is 11.2 Å². The summed E-state index contributed by atoms with van der Waals surface area (Å²) in [5.74, 6) is -0.505. The Balaban J connectivity index is 3.20. The van der Waals surface area contributed by atoms with E-state index < -0.39 is 5.38 Å². The van der Waals surface area contributed by atoms with E-state index in [1.807, 2.05) is 0 Å². The SMILES string of the molecule is CSc1c(F)cccc1C(Cl)C(C)=O. The summed E-state index contributed by atoms with van der Waals surface area (Å²) in [6, 6.07) is 4.59. The van der Waals surface area contributed by atoms with Crippen LogP contribution in [0.4, 0.5) is 4.39 Å². The molecule has 0 saturated heterocycles. The lowest BCUT2D eigenvalue weighted by Crippen LogP contribution is -2.04. The van der Waals surface area contributed by atoms with Gasteiger partial charge >= 0.3 is 0 Å². The van der Waals surface area contributed by atoms with Gasteiger partial charge < -0.3 is 0 Å². The van der Waals surface area contributed by atoms with Crippen LogP contribution in [0.5, 0.6) is 0 Å². The Kier molecular flexibility index (Phi) is 3.96. The number of carbonyl (C=O) groups is 1. The minimum atomic E-state index is -0.756. The summed E-state index contributed by atoms with van der Waals surface area (Å²) < 4.78 is 13.3. The van der Waals surface area contributed by atoms with Gasteiger partial charge in [-0.1, -0.05) is 12.1 Å². The number of carbonyl (C=O) groups excluding carboxylic acids is 1. The number of thioether (sulfide) groups is 1. The molecule has 1 nitrogen and oxygen atoms in total. The van der Waals surface area contributed by atoms with Crippen LogP contribution < -0.4 is 0 Å². The van der Waals surface area contributed by atoms with E-state index in [2.05, 4.69) is 0 Å². The molecule has 0 N–H and O–H groups in total. The van der Waals surface area contributed by atoms with Crippen LogP contribution in [0.1, 0.15) is 17.9 Å². The molecule has 0 fully saturated rings. The van der Waals surface area contributed by atoms with Gasteiger partial charge in [-0.2, -0.15) is 0 Å². The van der Waals surface area contributed by atoms with Crippen molar-refractivity contribution in [1.82, 2.24) is 0 Å². The number of Topliss-reactive ketones (excluding diaryl/α,β-unsaturated/α-hetero) is 1. The third-order valence-electron chi connectivity index (χ3n) is 1.83. The van der Waals surface area contributed by atoms with Gasteiger partial charge in [-0.15, -0.1) is 23.4 Å².